The fraction of sp³-hybridized carbons (Fsp3) is 0.294. The number of hydrogen-bond donors (Lipinski definition) is 0. The van der Waals surface area contributed by atoms with Gasteiger partial charge in [0.25, 0.3) is 5.69 Å². The lowest BCUT2D eigenvalue weighted by Crippen LogP contribution is -2.26. The van der Waals surface area contributed by atoms with Gasteiger partial charge < -0.3 is 9.47 Å². The second-order valence-electron chi connectivity index (χ2n) is 5.55. The van der Waals surface area contributed by atoms with Crippen molar-refractivity contribution in [3.63, 3.8) is 0 Å². The van der Waals surface area contributed by atoms with Crippen LogP contribution in [0, 0.1) is 10.1 Å². The van der Waals surface area contributed by atoms with Crippen LogP contribution in [0.4, 0.5) is 5.69 Å². The summed E-state index contributed by atoms with van der Waals surface area (Å²) in [7, 11) is -1.07. The molecule has 0 radical (unpaired) electrons. The van der Waals surface area contributed by atoms with Crippen LogP contribution in [-0.4, -0.2) is 38.4 Å². The van der Waals surface area contributed by atoms with Crippen molar-refractivity contribution in [3.05, 3.63) is 57.1 Å². The summed E-state index contributed by atoms with van der Waals surface area (Å²) >= 11 is 5.75. The SMILES string of the molecule is CCOc1ccc(CN(C)S(=O)(=O)c2ccc(Cl)c([N+](=O)[O-])c2)cc1OC. The predicted molar refractivity (Wildman–Crippen MR) is 101 cm³/mol. The number of halogens is 1. The van der Waals surface area contributed by atoms with Gasteiger partial charge in [0.05, 0.1) is 23.5 Å². The van der Waals surface area contributed by atoms with E-state index in [0.717, 1.165) is 10.4 Å². The number of hydrogen-bond acceptors (Lipinski definition) is 6. The molecule has 0 bridgehead atoms. The average molecular weight is 415 g/mol. The number of nitro benzene ring substituents is 1. The molecule has 0 atom stereocenters. The highest BCUT2D eigenvalue weighted by molar-refractivity contribution is 7.89. The number of nitrogens with zero attached hydrogens (tertiary/aromatic N) is 2. The van der Waals surface area contributed by atoms with Crippen LogP contribution in [0.1, 0.15) is 12.5 Å². The molecule has 0 aliphatic heterocycles. The van der Waals surface area contributed by atoms with Crippen molar-refractivity contribution in [1.82, 2.24) is 4.31 Å². The highest BCUT2D eigenvalue weighted by atomic mass is 35.5. The Kier molecular flexibility index (Phi) is 6.63. The summed E-state index contributed by atoms with van der Waals surface area (Å²) < 4.78 is 37.3. The van der Waals surface area contributed by atoms with E-state index < -0.39 is 20.6 Å². The second-order valence-corrected chi connectivity index (χ2v) is 8.00. The molecule has 2 rings (SSSR count). The van der Waals surface area contributed by atoms with Crippen LogP contribution in [0.5, 0.6) is 11.5 Å². The maximum Gasteiger partial charge on any atom is 0.289 e. The quantitative estimate of drug-likeness (QED) is 0.484. The van der Waals surface area contributed by atoms with Crippen molar-refractivity contribution in [3.8, 4) is 11.5 Å². The minimum atomic E-state index is -3.95. The van der Waals surface area contributed by atoms with Gasteiger partial charge in [-0.15, -0.1) is 0 Å². The van der Waals surface area contributed by atoms with E-state index in [0.29, 0.717) is 23.7 Å². The second kappa shape index (κ2) is 8.55. The van der Waals surface area contributed by atoms with Crippen LogP contribution in [0.25, 0.3) is 0 Å². The molecular formula is C17H19ClN2O6S. The molecule has 0 heterocycles. The van der Waals surface area contributed by atoms with Crippen LogP contribution in [-0.2, 0) is 16.6 Å². The first-order valence-corrected chi connectivity index (χ1v) is 9.72. The number of methoxy groups -OCH3 is 1. The van der Waals surface area contributed by atoms with Crippen molar-refractivity contribution in [2.75, 3.05) is 20.8 Å². The summed E-state index contributed by atoms with van der Waals surface area (Å²) in [5.41, 5.74) is 0.207. The third-order valence-electron chi connectivity index (χ3n) is 3.76. The molecule has 8 nitrogen and oxygen atoms in total. The molecule has 0 aliphatic carbocycles. The van der Waals surface area contributed by atoms with Crippen molar-refractivity contribution in [2.24, 2.45) is 0 Å². The van der Waals surface area contributed by atoms with Crippen molar-refractivity contribution >= 4 is 27.3 Å². The summed E-state index contributed by atoms with van der Waals surface area (Å²) in [4.78, 5) is 10.1. The van der Waals surface area contributed by atoms with Gasteiger partial charge in [-0.05, 0) is 36.8 Å². The Morgan fingerprint density at radius 2 is 1.89 bits per heavy atom. The van der Waals surface area contributed by atoms with Crippen molar-refractivity contribution < 1.29 is 22.8 Å². The molecular weight excluding hydrogens is 396 g/mol. The largest absolute Gasteiger partial charge is 0.493 e. The molecule has 0 aromatic heterocycles. The van der Waals surface area contributed by atoms with Crippen LogP contribution >= 0.6 is 11.6 Å². The summed E-state index contributed by atoms with van der Waals surface area (Å²) in [6, 6.07) is 8.49. The molecule has 0 fully saturated rings. The molecule has 0 saturated carbocycles. The first kappa shape index (κ1) is 20.9. The number of benzene rings is 2. The Morgan fingerprint density at radius 3 is 2.48 bits per heavy atom. The Morgan fingerprint density at radius 1 is 1.19 bits per heavy atom. The van der Waals surface area contributed by atoms with Gasteiger partial charge in [-0.3, -0.25) is 10.1 Å². The number of nitro groups is 1. The molecule has 0 spiro atoms. The van der Waals surface area contributed by atoms with E-state index >= 15 is 0 Å². The third-order valence-corrected chi connectivity index (χ3v) is 5.87. The van der Waals surface area contributed by atoms with Gasteiger partial charge in [0.15, 0.2) is 11.5 Å². The van der Waals surface area contributed by atoms with Gasteiger partial charge in [-0.1, -0.05) is 17.7 Å². The highest BCUT2D eigenvalue weighted by Gasteiger charge is 2.25. The summed E-state index contributed by atoms with van der Waals surface area (Å²) in [6.45, 7) is 2.36. The monoisotopic (exact) mass is 414 g/mol. The summed E-state index contributed by atoms with van der Waals surface area (Å²) in [5.74, 6) is 1.05. The topological polar surface area (TPSA) is 99.0 Å². The van der Waals surface area contributed by atoms with Gasteiger partial charge in [-0.25, -0.2) is 8.42 Å². The van der Waals surface area contributed by atoms with E-state index in [1.165, 1.54) is 26.3 Å². The fourth-order valence-electron chi connectivity index (χ4n) is 2.40. The standard InChI is InChI=1S/C17H19ClN2O6S/c1-4-26-16-8-5-12(9-17(16)25-3)11-19(2)27(23,24)13-6-7-14(18)15(10-13)20(21)22/h5-10H,4,11H2,1-3H3. The number of sulfonamides is 1. The molecule has 0 unspecified atom stereocenters. The zero-order valence-electron chi connectivity index (χ0n) is 15.0. The third kappa shape index (κ3) is 4.68. The van der Waals surface area contributed by atoms with Gasteiger partial charge in [0.1, 0.15) is 5.02 Å². The molecule has 2 aromatic rings. The predicted octanol–water partition coefficient (Wildman–Crippen LogP) is 3.48. The lowest BCUT2D eigenvalue weighted by molar-refractivity contribution is -0.384. The summed E-state index contributed by atoms with van der Waals surface area (Å²) in [5, 5.41) is 10.9. The maximum absolute atomic E-state index is 12.8. The first-order valence-electron chi connectivity index (χ1n) is 7.90. The molecule has 10 heteroatoms. The van der Waals surface area contributed by atoms with E-state index in [4.69, 9.17) is 21.1 Å². The Balaban J connectivity index is 2.30. The minimum Gasteiger partial charge on any atom is -0.493 e. The highest BCUT2D eigenvalue weighted by Crippen LogP contribution is 2.31. The first-order chi connectivity index (χ1) is 12.7. The number of ether oxygens (including phenoxy) is 2. The fourth-order valence-corrected chi connectivity index (χ4v) is 3.77. The van der Waals surface area contributed by atoms with Gasteiger partial charge in [0.2, 0.25) is 10.0 Å². The Bertz CT molecular complexity index is 948. The van der Waals surface area contributed by atoms with E-state index in [1.807, 2.05) is 6.92 Å². The zero-order valence-corrected chi connectivity index (χ0v) is 16.6. The van der Waals surface area contributed by atoms with Gasteiger partial charge in [-0.2, -0.15) is 4.31 Å². The average Bonchev–Trinajstić information content (AvgIpc) is 2.62. The molecule has 146 valence electrons. The van der Waals surface area contributed by atoms with Crippen molar-refractivity contribution in [2.45, 2.75) is 18.4 Å². The minimum absolute atomic E-state index is 0.0432. The van der Waals surface area contributed by atoms with Crippen LogP contribution in [0.3, 0.4) is 0 Å². The van der Waals surface area contributed by atoms with E-state index in [-0.39, 0.29) is 16.5 Å². The van der Waals surface area contributed by atoms with Crippen molar-refractivity contribution in [1.29, 1.82) is 0 Å². The smallest absolute Gasteiger partial charge is 0.289 e. The molecule has 27 heavy (non-hydrogen) atoms. The lowest BCUT2D eigenvalue weighted by atomic mass is 10.2. The molecule has 0 N–H and O–H groups in total. The molecule has 2 aromatic carbocycles. The van der Waals surface area contributed by atoms with Crippen LogP contribution in [0.15, 0.2) is 41.3 Å². The van der Waals surface area contributed by atoms with Crippen LogP contribution in [0.2, 0.25) is 5.02 Å². The molecule has 0 aliphatic rings. The van der Waals surface area contributed by atoms with Crippen LogP contribution < -0.4 is 9.47 Å². The van der Waals surface area contributed by atoms with Gasteiger partial charge in [0, 0.05) is 19.7 Å². The van der Waals surface area contributed by atoms with E-state index in [9.17, 15) is 18.5 Å². The summed E-state index contributed by atoms with van der Waals surface area (Å²) in [6.07, 6.45) is 0. The number of rotatable bonds is 8. The zero-order chi connectivity index (χ0) is 20.2. The van der Waals surface area contributed by atoms with Gasteiger partial charge >= 0.3 is 0 Å². The molecule has 0 saturated heterocycles. The Labute approximate surface area is 162 Å². The Hall–Kier alpha value is -2.36. The molecule has 0 amide bonds. The normalized spacial score (nSPS) is 11.4. The maximum atomic E-state index is 12.8. The van der Waals surface area contributed by atoms with E-state index in [1.54, 1.807) is 18.2 Å². The lowest BCUT2D eigenvalue weighted by Gasteiger charge is -2.18. The van der Waals surface area contributed by atoms with E-state index in [2.05, 4.69) is 0 Å².